The minimum absolute atomic E-state index is 0.0916. The number of aryl methyl sites for hydroxylation is 1. The summed E-state index contributed by atoms with van der Waals surface area (Å²) >= 11 is 0. The molecule has 0 radical (unpaired) electrons. The van der Waals surface area contributed by atoms with Crippen molar-refractivity contribution < 1.29 is 13.6 Å². The van der Waals surface area contributed by atoms with Crippen LogP contribution in [0.5, 0.6) is 0 Å². The Labute approximate surface area is 92.4 Å². The van der Waals surface area contributed by atoms with Gasteiger partial charge >= 0.3 is 12.0 Å². The van der Waals surface area contributed by atoms with Gasteiger partial charge in [0.2, 0.25) is 0 Å². The van der Waals surface area contributed by atoms with Crippen molar-refractivity contribution in [2.75, 3.05) is 5.32 Å². The molecule has 0 aliphatic heterocycles. The van der Waals surface area contributed by atoms with Gasteiger partial charge in [-0.2, -0.15) is 0 Å². The molecular weight excluding hydrogens is 213 g/mol. The van der Waals surface area contributed by atoms with Crippen LogP contribution in [-0.2, 0) is 0 Å². The third kappa shape index (κ3) is 2.71. The fourth-order valence-corrected chi connectivity index (χ4v) is 1.79. The number of urea groups is 1. The van der Waals surface area contributed by atoms with Gasteiger partial charge in [0.05, 0.1) is 6.20 Å². The molecule has 0 spiro atoms. The van der Waals surface area contributed by atoms with Crippen molar-refractivity contribution in [3.8, 4) is 0 Å². The third-order valence-electron chi connectivity index (χ3n) is 2.55. The molecule has 88 valence electrons. The van der Waals surface area contributed by atoms with Crippen LogP contribution in [0.1, 0.15) is 25.0 Å². The van der Waals surface area contributed by atoms with Crippen molar-refractivity contribution in [2.45, 2.75) is 38.4 Å². The number of hydrogen-bond donors (Lipinski definition) is 2. The van der Waals surface area contributed by atoms with E-state index >= 15 is 0 Å². The molecule has 0 saturated heterocycles. The second kappa shape index (κ2) is 4.51. The second-order valence-corrected chi connectivity index (χ2v) is 3.98. The Morgan fingerprint density at radius 3 is 3.00 bits per heavy atom. The van der Waals surface area contributed by atoms with Gasteiger partial charge in [-0.15, -0.1) is 0 Å². The lowest BCUT2D eigenvalue weighted by Crippen LogP contribution is -2.36. The molecule has 0 aromatic carbocycles. The number of rotatable bonds is 2. The van der Waals surface area contributed by atoms with Crippen molar-refractivity contribution in [3.05, 3.63) is 12.0 Å². The fraction of sp³-hybridized carbons (Fsp3) is 0.600. The highest BCUT2D eigenvalue weighted by Gasteiger charge is 2.25. The molecule has 5 nitrogen and oxygen atoms in total. The summed E-state index contributed by atoms with van der Waals surface area (Å²) in [7, 11) is 0. The number of carbonyl (C=O) groups excluding carboxylic acids is 1. The van der Waals surface area contributed by atoms with Crippen LogP contribution < -0.4 is 10.6 Å². The van der Waals surface area contributed by atoms with Gasteiger partial charge in [-0.25, -0.2) is 14.2 Å². The maximum Gasteiger partial charge on any atom is 0.323 e. The van der Waals surface area contributed by atoms with Crippen molar-refractivity contribution in [1.82, 2.24) is 10.3 Å². The average molecular weight is 227 g/mol. The molecule has 6 heteroatoms. The highest BCUT2D eigenvalue weighted by Crippen LogP contribution is 2.21. The maximum absolute atomic E-state index is 12.9. The van der Waals surface area contributed by atoms with E-state index in [1.807, 2.05) is 0 Å². The number of amides is 2. The third-order valence-corrected chi connectivity index (χ3v) is 2.55. The number of alkyl halides is 1. The number of aromatic nitrogens is 1. The summed E-state index contributed by atoms with van der Waals surface area (Å²) in [6.45, 7) is 1.74. The second-order valence-electron chi connectivity index (χ2n) is 3.98. The average Bonchev–Trinajstić information content (AvgIpc) is 2.76. The summed E-state index contributed by atoms with van der Waals surface area (Å²) in [5, 5.41) is 5.13. The number of nitrogens with zero attached hydrogens (tertiary/aromatic N) is 1. The Hall–Kier alpha value is -1.59. The number of anilines is 1. The van der Waals surface area contributed by atoms with Gasteiger partial charge in [0.15, 0.2) is 0 Å². The Kier molecular flexibility index (Phi) is 3.07. The van der Waals surface area contributed by atoms with Crippen LogP contribution in [-0.4, -0.2) is 23.2 Å². The molecule has 2 atom stereocenters. The first-order valence-corrected chi connectivity index (χ1v) is 5.27. The molecular formula is C10H14FN3O2. The molecule has 0 bridgehead atoms. The molecule has 1 aromatic rings. The smallest absolute Gasteiger partial charge is 0.323 e. The Balaban J connectivity index is 1.80. The highest BCUT2D eigenvalue weighted by atomic mass is 19.1. The van der Waals surface area contributed by atoms with E-state index in [0.29, 0.717) is 25.0 Å². The Morgan fingerprint density at radius 1 is 1.62 bits per heavy atom. The molecule has 2 amide bonds. The first kappa shape index (κ1) is 10.9. The summed E-state index contributed by atoms with van der Waals surface area (Å²) in [5.74, 6) is 0.625. The lowest BCUT2D eigenvalue weighted by atomic mass is 10.2. The molecule has 1 aliphatic carbocycles. The van der Waals surface area contributed by atoms with Crippen LogP contribution in [0, 0.1) is 6.92 Å². The van der Waals surface area contributed by atoms with E-state index in [2.05, 4.69) is 15.6 Å². The minimum atomic E-state index is -0.797. The predicted molar refractivity (Wildman–Crippen MR) is 55.9 cm³/mol. The highest BCUT2D eigenvalue weighted by molar-refractivity contribution is 5.87. The number of nitrogens with one attached hydrogen (secondary N) is 2. The summed E-state index contributed by atoms with van der Waals surface area (Å²) in [5.41, 5.74) is 0. The van der Waals surface area contributed by atoms with Crippen LogP contribution in [0.25, 0.3) is 0 Å². The topological polar surface area (TPSA) is 67.2 Å². The van der Waals surface area contributed by atoms with E-state index in [9.17, 15) is 9.18 Å². The molecule has 1 fully saturated rings. The first-order chi connectivity index (χ1) is 7.63. The SMILES string of the molecule is Cc1cnc(NC(=O)N[C@@H]2CC[C@H](F)C2)o1. The van der Waals surface area contributed by atoms with E-state index in [1.165, 1.54) is 6.20 Å². The van der Waals surface area contributed by atoms with Gasteiger partial charge in [-0.3, -0.25) is 5.32 Å². The van der Waals surface area contributed by atoms with E-state index in [1.54, 1.807) is 6.92 Å². The van der Waals surface area contributed by atoms with Gasteiger partial charge < -0.3 is 9.73 Å². The molecule has 1 aromatic heterocycles. The van der Waals surface area contributed by atoms with Gasteiger partial charge in [-0.1, -0.05) is 0 Å². The molecule has 0 unspecified atom stereocenters. The molecule has 2 rings (SSSR count). The lowest BCUT2D eigenvalue weighted by Gasteiger charge is -2.10. The van der Waals surface area contributed by atoms with Gasteiger partial charge in [0.25, 0.3) is 0 Å². The standard InChI is InChI=1S/C10H14FN3O2/c1-6-5-12-10(16-6)14-9(15)13-8-3-2-7(11)4-8/h5,7-8H,2-4H2,1H3,(H2,12,13,14,15)/t7-,8+/m0/s1. The monoisotopic (exact) mass is 227 g/mol. The van der Waals surface area contributed by atoms with Crippen molar-refractivity contribution in [2.24, 2.45) is 0 Å². The number of carbonyl (C=O) groups is 1. The largest absolute Gasteiger partial charge is 0.429 e. The molecule has 1 heterocycles. The number of hydrogen-bond acceptors (Lipinski definition) is 3. The van der Waals surface area contributed by atoms with Crippen LogP contribution >= 0.6 is 0 Å². The van der Waals surface area contributed by atoms with Crippen molar-refractivity contribution in [1.29, 1.82) is 0 Å². The van der Waals surface area contributed by atoms with Crippen molar-refractivity contribution in [3.63, 3.8) is 0 Å². The van der Waals surface area contributed by atoms with E-state index < -0.39 is 12.2 Å². The lowest BCUT2D eigenvalue weighted by molar-refractivity contribution is 0.247. The summed E-state index contributed by atoms with van der Waals surface area (Å²) < 4.78 is 17.9. The van der Waals surface area contributed by atoms with Gasteiger partial charge in [-0.05, 0) is 26.2 Å². The minimum Gasteiger partial charge on any atom is -0.429 e. The van der Waals surface area contributed by atoms with E-state index in [4.69, 9.17) is 4.42 Å². The van der Waals surface area contributed by atoms with Gasteiger partial charge in [0, 0.05) is 6.04 Å². The maximum atomic E-state index is 12.9. The zero-order valence-electron chi connectivity index (χ0n) is 9.00. The van der Waals surface area contributed by atoms with Crippen LogP contribution in [0.2, 0.25) is 0 Å². The zero-order chi connectivity index (χ0) is 11.5. The van der Waals surface area contributed by atoms with Gasteiger partial charge in [0.1, 0.15) is 11.9 Å². The summed E-state index contributed by atoms with van der Waals surface area (Å²) in [6.07, 6.45) is 2.30. The molecule has 1 aliphatic rings. The first-order valence-electron chi connectivity index (χ1n) is 5.27. The van der Waals surface area contributed by atoms with E-state index in [-0.39, 0.29) is 12.1 Å². The van der Waals surface area contributed by atoms with Crippen molar-refractivity contribution >= 4 is 12.0 Å². The number of oxazole rings is 1. The van der Waals surface area contributed by atoms with Crippen LogP contribution in [0.4, 0.5) is 15.2 Å². The predicted octanol–water partition coefficient (Wildman–Crippen LogP) is 2.00. The zero-order valence-corrected chi connectivity index (χ0v) is 9.00. The normalized spacial score (nSPS) is 24.4. The quantitative estimate of drug-likeness (QED) is 0.811. The summed E-state index contributed by atoms with van der Waals surface area (Å²) in [6, 6.07) is -0.336. The molecule has 2 N–H and O–H groups in total. The molecule has 1 saturated carbocycles. The fourth-order valence-electron chi connectivity index (χ4n) is 1.79. The number of halogens is 1. The van der Waals surface area contributed by atoms with Crippen LogP contribution in [0.15, 0.2) is 10.6 Å². The summed E-state index contributed by atoms with van der Waals surface area (Å²) in [4.78, 5) is 15.3. The Morgan fingerprint density at radius 2 is 2.44 bits per heavy atom. The Bertz CT molecular complexity index is 380. The molecule has 16 heavy (non-hydrogen) atoms. The van der Waals surface area contributed by atoms with Crippen LogP contribution in [0.3, 0.4) is 0 Å². The van der Waals surface area contributed by atoms with E-state index in [0.717, 1.165) is 0 Å².